The average molecular weight is 308 g/mol. The molecule has 0 aliphatic heterocycles. The van der Waals surface area contributed by atoms with E-state index < -0.39 is 21.8 Å². The van der Waals surface area contributed by atoms with Crippen molar-refractivity contribution in [2.24, 2.45) is 0 Å². The molecule has 0 aromatic rings. The molecule has 0 saturated carbocycles. The molecule has 0 radical (unpaired) electrons. The van der Waals surface area contributed by atoms with Crippen LogP contribution in [0.2, 0.25) is 0 Å². The summed E-state index contributed by atoms with van der Waals surface area (Å²) in [5.41, 5.74) is -0.719. The van der Waals surface area contributed by atoms with Gasteiger partial charge < -0.3 is 10.1 Å². The smallest absolute Gasteiger partial charge is 0.403 e. The van der Waals surface area contributed by atoms with Crippen LogP contribution in [0.4, 0.5) is 4.79 Å². The quantitative estimate of drug-likeness (QED) is 0.380. The van der Waals surface area contributed by atoms with E-state index in [0.717, 1.165) is 38.4 Å². The van der Waals surface area contributed by atoms with Crippen LogP contribution in [0.15, 0.2) is 0 Å². The highest BCUT2D eigenvalue weighted by atomic mass is 32.2. The van der Waals surface area contributed by atoms with Gasteiger partial charge in [0.05, 0.1) is 12.9 Å². The summed E-state index contributed by atoms with van der Waals surface area (Å²) >= 11 is 0. The predicted molar refractivity (Wildman–Crippen MR) is 77.8 cm³/mol. The molecule has 7 heteroatoms. The molecule has 0 fully saturated rings. The Morgan fingerprint density at radius 2 is 1.70 bits per heavy atom. The van der Waals surface area contributed by atoms with Gasteiger partial charge in [0.2, 0.25) is 5.60 Å². The lowest BCUT2D eigenvalue weighted by Crippen LogP contribution is -2.33. The highest BCUT2D eigenvalue weighted by Crippen LogP contribution is 2.06. The first-order chi connectivity index (χ1) is 9.10. The van der Waals surface area contributed by atoms with Crippen LogP contribution < -0.4 is 5.32 Å². The minimum Gasteiger partial charge on any atom is -0.403 e. The fourth-order valence-corrected chi connectivity index (χ4v) is 1.87. The predicted octanol–water partition coefficient (Wildman–Crippen LogP) is 2.25. The Labute approximate surface area is 122 Å². The summed E-state index contributed by atoms with van der Waals surface area (Å²) < 4.78 is 31.0. The third-order valence-electron chi connectivity index (χ3n) is 2.26. The maximum Gasteiger partial charge on any atom is 0.410 e. The molecule has 0 unspecified atom stereocenters. The molecule has 0 heterocycles. The first-order valence-corrected chi connectivity index (χ1v) is 8.58. The van der Waals surface area contributed by atoms with Gasteiger partial charge in [0.1, 0.15) is 6.92 Å². The summed E-state index contributed by atoms with van der Waals surface area (Å²) in [6.07, 6.45) is 5.03. The number of carbonyl (C=O) groups excluding carboxylic acids is 1. The van der Waals surface area contributed by atoms with Crippen LogP contribution in [0, 0.1) is 6.92 Å². The molecule has 0 bridgehead atoms. The van der Waals surface area contributed by atoms with Crippen LogP contribution in [-0.2, 0) is 19.0 Å². The molecule has 20 heavy (non-hydrogen) atoms. The Morgan fingerprint density at radius 1 is 1.15 bits per heavy atom. The number of alkyl carbamates (subject to hydrolysis) is 1. The van der Waals surface area contributed by atoms with Crippen molar-refractivity contribution < 1.29 is 22.1 Å². The molecule has 0 spiro atoms. The van der Waals surface area contributed by atoms with Gasteiger partial charge >= 0.3 is 6.09 Å². The summed E-state index contributed by atoms with van der Waals surface area (Å²) in [6.45, 7) is 7.91. The van der Waals surface area contributed by atoms with Gasteiger partial charge in [-0.25, -0.2) is 4.79 Å². The van der Waals surface area contributed by atoms with Crippen molar-refractivity contribution in [3.8, 4) is 0 Å². The monoisotopic (exact) mass is 308 g/mol. The second-order valence-corrected chi connectivity index (χ2v) is 7.01. The van der Waals surface area contributed by atoms with Crippen molar-refractivity contribution in [3.05, 3.63) is 6.92 Å². The van der Waals surface area contributed by atoms with Crippen LogP contribution in [-0.4, -0.2) is 39.5 Å². The number of ether oxygens (including phenoxy) is 1. The van der Waals surface area contributed by atoms with E-state index in [1.54, 1.807) is 13.8 Å². The zero-order chi connectivity index (χ0) is 15.6. The summed E-state index contributed by atoms with van der Waals surface area (Å²) in [5.74, 6) is 0. The number of hydrogen-bond acceptors (Lipinski definition) is 5. The molecular weight excluding hydrogens is 282 g/mol. The Balaban J connectivity index is 3.35. The average Bonchev–Trinajstić information content (AvgIpc) is 2.22. The third kappa shape index (κ3) is 15.1. The summed E-state index contributed by atoms with van der Waals surface area (Å²) in [4.78, 5) is 11.3. The summed E-state index contributed by atoms with van der Waals surface area (Å²) in [7, 11) is -3.32. The minimum atomic E-state index is -3.32. The molecule has 118 valence electrons. The van der Waals surface area contributed by atoms with Gasteiger partial charge in [-0.1, -0.05) is 19.3 Å². The highest BCUT2D eigenvalue weighted by Gasteiger charge is 2.22. The van der Waals surface area contributed by atoms with Crippen molar-refractivity contribution in [2.45, 2.75) is 51.6 Å². The number of carbonyl (C=O) groups is 1. The van der Waals surface area contributed by atoms with Crippen molar-refractivity contribution in [2.75, 3.05) is 19.4 Å². The van der Waals surface area contributed by atoms with Crippen molar-refractivity contribution >= 4 is 16.2 Å². The maximum absolute atomic E-state index is 11.3. The van der Waals surface area contributed by atoms with Gasteiger partial charge in [-0.05, 0) is 12.8 Å². The minimum absolute atomic E-state index is 0.238. The molecule has 6 nitrogen and oxygen atoms in total. The standard InChI is InChI=1S/C13H25NO5S/c1-13(2,3)19-12(15)14-10-8-6-5-7-9-11-18-20(4,16)17/h1,5-11H2,2-4H3/p+1. The summed E-state index contributed by atoms with van der Waals surface area (Å²) in [6, 6.07) is 0. The lowest BCUT2D eigenvalue weighted by Gasteiger charge is -2.13. The number of unbranched alkanes of at least 4 members (excludes halogenated alkanes) is 4. The first-order valence-electron chi connectivity index (χ1n) is 6.77. The number of hydrogen-bond donors (Lipinski definition) is 1. The maximum atomic E-state index is 11.3. The molecule has 0 aliphatic rings. The van der Waals surface area contributed by atoms with E-state index in [9.17, 15) is 13.2 Å². The van der Waals surface area contributed by atoms with E-state index in [4.69, 9.17) is 4.74 Å². The number of nitrogens with one attached hydrogen (secondary N) is 1. The van der Waals surface area contributed by atoms with Gasteiger partial charge in [0.25, 0.3) is 10.1 Å². The number of amides is 1. The van der Waals surface area contributed by atoms with Crippen LogP contribution in [0.3, 0.4) is 0 Å². The Hall–Kier alpha value is -0.950. The molecule has 0 saturated heterocycles. The van der Waals surface area contributed by atoms with Crippen LogP contribution in [0.1, 0.15) is 46.0 Å². The van der Waals surface area contributed by atoms with Gasteiger partial charge in [-0.2, -0.15) is 8.42 Å². The molecule has 1 amide bonds. The van der Waals surface area contributed by atoms with E-state index in [-0.39, 0.29) is 6.61 Å². The second-order valence-electron chi connectivity index (χ2n) is 5.37. The SMILES string of the molecule is [CH2+]C(C)(C)OC(=O)NCCCCCCCOS(C)(=O)=O. The van der Waals surface area contributed by atoms with Gasteiger partial charge in [-0.3, -0.25) is 4.18 Å². The molecule has 0 aromatic heterocycles. The lowest BCUT2D eigenvalue weighted by atomic mass is 10.1. The van der Waals surface area contributed by atoms with E-state index in [2.05, 4.69) is 16.4 Å². The number of rotatable bonds is 10. The molecular formula is C13H26NO5S+. The van der Waals surface area contributed by atoms with E-state index >= 15 is 0 Å². The van der Waals surface area contributed by atoms with Crippen molar-refractivity contribution in [1.29, 1.82) is 0 Å². The van der Waals surface area contributed by atoms with Crippen LogP contribution in [0.25, 0.3) is 0 Å². The van der Waals surface area contributed by atoms with E-state index in [1.165, 1.54) is 0 Å². The third-order valence-corrected chi connectivity index (χ3v) is 2.85. The van der Waals surface area contributed by atoms with Gasteiger partial charge in [0, 0.05) is 20.4 Å². The first kappa shape index (κ1) is 19.1. The fraction of sp³-hybridized carbons (Fsp3) is 0.846. The molecule has 0 aromatic carbocycles. The lowest BCUT2D eigenvalue weighted by molar-refractivity contribution is 0.0702. The largest absolute Gasteiger partial charge is 0.410 e. The zero-order valence-electron chi connectivity index (χ0n) is 12.6. The molecule has 1 N–H and O–H groups in total. The molecule has 0 rings (SSSR count). The zero-order valence-corrected chi connectivity index (χ0v) is 13.4. The van der Waals surface area contributed by atoms with Crippen LogP contribution >= 0.6 is 0 Å². The van der Waals surface area contributed by atoms with Crippen molar-refractivity contribution in [1.82, 2.24) is 5.32 Å². The Kier molecular flexibility index (Phi) is 8.64. The fourth-order valence-electron chi connectivity index (χ4n) is 1.45. The summed E-state index contributed by atoms with van der Waals surface area (Å²) in [5, 5.41) is 2.66. The molecule has 0 atom stereocenters. The van der Waals surface area contributed by atoms with E-state index in [0.29, 0.717) is 6.54 Å². The van der Waals surface area contributed by atoms with Gasteiger partial charge in [0.15, 0.2) is 0 Å². The topological polar surface area (TPSA) is 81.7 Å². The molecule has 0 aliphatic carbocycles. The van der Waals surface area contributed by atoms with Crippen LogP contribution in [0.5, 0.6) is 0 Å². The van der Waals surface area contributed by atoms with Crippen molar-refractivity contribution in [3.63, 3.8) is 0 Å². The highest BCUT2D eigenvalue weighted by molar-refractivity contribution is 7.85. The van der Waals surface area contributed by atoms with Gasteiger partial charge in [-0.15, -0.1) is 0 Å². The Morgan fingerprint density at radius 3 is 2.25 bits per heavy atom. The second kappa shape index (κ2) is 9.07. The Bertz CT molecular complexity index is 373. The normalized spacial score (nSPS) is 12.2. The van der Waals surface area contributed by atoms with E-state index in [1.807, 2.05) is 0 Å².